The fraction of sp³-hybridized carbons (Fsp3) is 0.417. The van der Waals surface area contributed by atoms with Crippen molar-refractivity contribution in [2.24, 2.45) is 0 Å². The minimum atomic E-state index is -0.272. The Kier molecular flexibility index (Phi) is 5.32. The summed E-state index contributed by atoms with van der Waals surface area (Å²) in [6, 6.07) is 7.00. The summed E-state index contributed by atoms with van der Waals surface area (Å²) in [7, 11) is 0. The molecule has 0 radical (unpaired) electrons. The Morgan fingerprint density at radius 2 is 1.81 bits per heavy atom. The van der Waals surface area contributed by atoms with E-state index in [0.717, 1.165) is 5.75 Å². The maximum Gasteiger partial charge on any atom is 0.325 e. The van der Waals surface area contributed by atoms with Crippen LogP contribution in [-0.2, 0) is 4.79 Å². The van der Waals surface area contributed by atoms with E-state index in [1.165, 1.54) is 0 Å². The number of hydrogen-bond acceptors (Lipinski definition) is 3. The molecule has 0 saturated carbocycles. The van der Waals surface area contributed by atoms with Gasteiger partial charge in [0.05, 0.1) is 6.61 Å². The summed E-state index contributed by atoms with van der Waals surface area (Å²) in [5.74, 6) is 1.03. The second kappa shape index (κ2) is 6.53. The summed E-state index contributed by atoms with van der Waals surface area (Å²) >= 11 is 3.24. The van der Waals surface area contributed by atoms with Crippen molar-refractivity contribution >= 4 is 21.9 Å². The highest BCUT2D eigenvalue weighted by Gasteiger charge is 2.14. The second-order valence-electron chi connectivity index (χ2n) is 3.20. The van der Waals surface area contributed by atoms with Crippen LogP contribution in [0.15, 0.2) is 24.3 Å². The lowest BCUT2D eigenvalue weighted by Gasteiger charge is -2.08. The predicted octanol–water partition coefficient (Wildman–Crippen LogP) is 3.16. The lowest BCUT2D eigenvalue weighted by atomic mass is 10.3. The van der Waals surface area contributed by atoms with E-state index >= 15 is 0 Å². The fourth-order valence-electron chi connectivity index (χ4n) is 1.12. The number of esters is 1. The molecule has 0 bridgehead atoms. The van der Waals surface area contributed by atoms with E-state index in [1.54, 1.807) is 24.3 Å². The van der Waals surface area contributed by atoms with Gasteiger partial charge >= 0.3 is 5.97 Å². The van der Waals surface area contributed by atoms with Crippen molar-refractivity contribution in [1.82, 2.24) is 0 Å². The first-order valence-electron chi connectivity index (χ1n) is 5.26. The summed E-state index contributed by atoms with van der Waals surface area (Å²) in [5.41, 5.74) is 0. The minimum Gasteiger partial charge on any atom is -0.494 e. The third-order valence-corrected chi connectivity index (χ3v) is 2.99. The van der Waals surface area contributed by atoms with Crippen molar-refractivity contribution in [2.45, 2.75) is 25.1 Å². The summed E-state index contributed by atoms with van der Waals surface area (Å²) in [5, 5.41) is 0. The van der Waals surface area contributed by atoms with Crippen molar-refractivity contribution in [3.8, 4) is 11.5 Å². The summed E-state index contributed by atoms with van der Waals surface area (Å²) in [6.45, 7) is 4.46. The number of halogens is 1. The Labute approximate surface area is 104 Å². The molecule has 1 aromatic rings. The lowest BCUT2D eigenvalue weighted by Crippen LogP contribution is -2.19. The number of alkyl halides is 1. The van der Waals surface area contributed by atoms with Gasteiger partial charge in [-0.2, -0.15) is 0 Å². The van der Waals surface area contributed by atoms with Crippen LogP contribution in [0.25, 0.3) is 0 Å². The molecule has 0 N–H and O–H groups in total. The van der Waals surface area contributed by atoms with Gasteiger partial charge in [0.15, 0.2) is 0 Å². The number of carbonyl (C=O) groups excluding carboxylic acids is 1. The summed E-state index contributed by atoms with van der Waals surface area (Å²) in [4.78, 5) is 11.2. The van der Waals surface area contributed by atoms with Crippen LogP contribution in [0.4, 0.5) is 0 Å². The summed E-state index contributed by atoms with van der Waals surface area (Å²) < 4.78 is 10.4. The fourth-order valence-corrected chi connectivity index (χ4v) is 1.21. The largest absolute Gasteiger partial charge is 0.494 e. The minimum absolute atomic E-state index is 0.251. The second-order valence-corrected chi connectivity index (χ2v) is 4.31. The normalized spacial score (nSPS) is 11.9. The van der Waals surface area contributed by atoms with Gasteiger partial charge in [-0.05, 0) is 37.6 Å². The summed E-state index contributed by atoms with van der Waals surface area (Å²) in [6.07, 6.45) is 0.704. The molecule has 0 heterocycles. The molecule has 0 saturated heterocycles. The van der Waals surface area contributed by atoms with E-state index in [9.17, 15) is 4.79 Å². The van der Waals surface area contributed by atoms with Gasteiger partial charge in [-0.25, -0.2) is 0 Å². The van der Waals surface area contributed by atoms with Gasteiger partial charge in [0.25, 0.3) is 0 Å². The Hall–Kier alpha value is -1.03. The first-order chi connectivity index (χ1) is 7.67. The zero-order valence-corrected chi connectivity index (χ0v) is 11.0. The van der Waals surface area contributed by atoms with Crippen LogP contribution in [0, 0.1) is 0 Å². The highest BCUT2D eigenvalue weighted by Crippen LogP contribution is 2.19. The monoisotopic (exact) mass is 286 g/mol. The van der Waals surface area contributed by atoms with Crippen LogP contribution in [0.5, 0.6) is 11.5 Å². The molecule has 0 fully saturated rings. The van der Waals surface area contributed by atoms with Crippen molar-refractivity contribution in [3.05, 3.63) is 24.3 Å². The van der Waals surface area contributed by atoms with Gasteiger partial charge in [-0.3, -0.25) is 4.79 Å². The standard InChI is InChI=1S/C12H15BrO3/c1-3-11(13)12(14)16-10-7-5-9(6-8-10)15-4-2/h5-8,11H,3-4H2,1-2H3. The first-order valence-corrected chi connectivity index (χ1v) is 6.17. The molecule has 1 rings (SSSR count). The Morgan fingerprint density at radius 1 is 1.25 bits per heavy atom. The van der Waals surface area contributed by atoms with Crippen LogP contribution in [0.3, 0.4) is 0 Å². The molecular formula is C12H15BrO3. The molecule has 88 valence electrons. The maximum atomic E-state index is 11.5. The molecular weight excluding hydrogens is 272 g/mol. The van der Waals surface area contributed by atoms with Crippen molar-refractivity contribution < 1.29 is 14.3 Å². The lowest BCUT2D eigenvalue weighted by molar-refractivity contribution is -0.133. The number of rotatable bonds is 5. The van der Waals surface area contributed by atoms with Gasteiger partial charge in [0.2, 0.25) is 0 Å². The van der Waals surface area contributed by atoms with E-state index in [4.69, 9.17) is 9.47 Å². The molecule has 1 unspecified atom stereocenters. The van der Waals surface area contributed by atoms with Crippen LogP contribution in [-0.4, -0.2) is 17.4 Å². The van der Waals surface area contributed by atoms with Gasteiger partial charge in [0.1, 0.15) is 16.3 Å². The molecule has 0 spiro atoms. The van der Waals surface area contributed by atoms with Crippen LogP contribution < -0.4 is 9.47 Å². The molecule has 0 aliphatic carbocycles. The number of ether oxygens (including phenoxy) is 2. The average Bonchev–Trinajstić information content (AvgIpc) is 2.31. The third kappa shape index (κ3) is 3.85. The van der Waals surface area contributed by atoms with E-state index in [0.29, 0.717) is 18.8 Å². The molecule has 0 aliphatic rings. The molecule has 1 aromatic carbocycles. The van der Waals surface area contributed by atoms with E-state index in [2.05, 4.69) is 15.9 Å². The molecule has 3 nitrogen and oxygen atoms in total. The molecule has 1 atom stereocenters. The average molecular weight is 287 g/mol. The Balaban J connectivity index is 2.58. The van der Waals surface area contributed by atoms with E-state index in [1.807, 2.05) is 13.8 Å². The van der Waals surface area contributed by atoms with E-state index in [-0.39, 0.29) is 10.8 Å². The zero-order valence-electron chi connectivity index (χ0n) is 9.40. The maximum absolute atomic E-state index is 11.5. The smallest absolute Gasteiger partial charge is 0.325 e. The Bertz CT molecular complexity index is 335. The topological polar surface area (TPSA) is 35.5 Å². The van der Waals surface area contributed by atoms with Crippen LogP contribution >= 0.6 is 15.9 Å². The van der Waals surface area contributed by atoms with Gasteiger partial charge in [-0.1, -0.05) is 22.9 Å². The molecule has 4 heteroatoms. The predicted molar refractivity (Wildman–Crippen MR) is 66.3 cm³/mol. The highest BCUT2D eigenvalue weighted by atomic mass is 79.9. The first kappa shape index (κ1) is 13.0. The van der Waals surface area contributed by atoms with Crippen molar-refractivity contribution in [2.75, 3.05) is 6.61 Å². The van der Waals surface area contributed by atoms with E-state index < -0.39 is 0 Å². The van der Waals surface area contributed by atoms with Gasteiger partial charge < -0.3 is 9.47 Å². The third-order valence-electron chi connectivity index (χ3n) is 1.97. The highest BCUT2D eigenvalue weighted by molar-refractivity contribution is 9.10. The van der Waals surface area contributed by atoms with Crippen LogP contribution in [0.1, 0.15) is 20.3 Å². The van der Waals surface area contributed by atoms with Crippen LogP contribution in [0.2, 0.25) is 0 Å². The number of carbonyl (C=O) groups is 1. The molecule has 16 heavy (non-hydrogen) atoms. The SMILES string of the molecule is CCOc1ccc(OC(=O)C(Br)CC)cc1. The molecule has 0 aliphatic heterocycles. The van der Waals surface area contributed by atoms with Crippen molar-refractivity contribution in [1.29, 1.82) is 0 Å². The number of hydrogen-bond donors (Lipinski definition) is 0. The quantitative estimate of drug-likeness (QED) is 0.474. The number of benzene rings is 1. The van der Waals surface area contributed by atoms with Crippen molar-refractivity contribution in [3.63, 3.8) is 0 Å². The molecule has 0 aromatic heterocycles. The zero-order chi connectivity index (χ0) is 12.0. The molecule has 0 amide bonds. The van der Waals surface area contributed by atoms with Gasteiger partial charge in [0, 0.05) is 0 Å². The Morgan fingerprint density at radius 3 is 2.31 bits per heavy atom. The van der Waals surface area contributed by atoms with Gasteiger partial charge in [-0.15, -0.1) is 0 Å².